The minimum atomic E-state index is 0.107. The molecule has 0 spiro atoms. The molecule has 1 aliphatic rings. The molecule has 21 heavy (non-hydrogen) atoms. The summed E-state index contributed by atoms with van der Waals surface area (Å²) >= 11 is 0. The third-order valence-corrected chi connectivity index (χ3v) is 4.77. The number of rotatable bonds is 5. The Morgan fingerprint density at radius 2 is 1.86 bits per heavy atom. The van der Waals surface area contributed by atoms with E-state index in [0.717, 1.165) is 6.54 Å². The van der Waals surface area contributed by atoms with Crippen LogP contribution >= 0.6 is 0 Å². The van der Waals surface area contributed by atoms with Crippen molar-refractivity contribution in [3.63, 3.8) is 0 Å². The summed E-state index contributed by atoms with van der Waals surface area (Å²) in [6, 6.07) is 2.60. The van der Waals surface area contributed by atoms with Gasteiger partial charge >= 0.3 is 0 Å². The fourth-order valence-corrected chi connectivity index (χ4v) is 3.55. The zero-order valence-corrected chi connectivity index (χ0v) is 14.2. The van der Waals surface area contributed by atoms with Crippen molar-refractivity contribution >= 4 is 0 Å². The molecule has 0 aromatic carbocycles. The molecule has 1 unspecified atom stereocenters. The van der Waals surface area contributed by atoms with E-state index in [2.05, 4.69) is 49.0 Å². The van der Waals surface area contributed by atoms with Crippen LogP contribution in [-0.4, -0.2) is 35.1 Å². The summed E-state index contributed by atoms with van der Waals surface area (Å²) < 4.78 is 0. The lowest BCUT2D eigenvalue weighted by Gasteiger charge is -2.44. The summed E-state index contributed by atoms with van der Waals surface area (Å²) in [6.45, 7) is 12.5. The van der Waals surface area contributed by atoms with Gasteiger partial charge in [-0.3, -0.25) is 9.88 Å². The van der Waals surface area contributed by atoms with Crippen LogP contribution < -0.4 is 5.32 Å². The second kappa shape index (κ2) is 7.37. The molecule has 1 N–H and O–H groups in total. The molecule has 3 heteroatoms. The van der Waals surface area contributed by atoms with Gasteiger partial charge in [0, 0.05) is 17.9 Å². The van der Waals surface area contributed by atoms with Crippen molar-refractivity contribution in [3.8, 4) is 0 Å². The average molecular weight is 289 g/mol. The Labute approximate surface area is 130 Å². The molecule has 0 bridgehead atoms. The van der Waals surface area contributed by atoms with Crippen LogP contribution in [-0.2, 0) is 0 Å². The van der Waals surface area contributed by atoms with Crippen molar-refractivity contribution in [1.82, 2.24) is 15.2 Å². The number of hydrogen-bond donors (Lipinski definition) is 1. The van der Waals surface area contributed by atoms with Gasteiger partial charge in [-0.1, -0.05) is 25.8 Å². The van der Waals surface area contributed by atoms with Crippen LogP contribution in [0.3, 0.4) is 0 Å². The van der Waals surface area contributed by atoms with Crippen LogP contribution in [0, 0.1) is 6.92 Å². The summed E-state index contributed by atoms with van der Waals surface area (Å²) in [5, 5.41) is 3.70. The minimum absolute atomic E-state index is 0.107. The first-order valence-electron chi connectivity index (χ1n) is 8.45. The van der Waals surface area contributed by atoms with E-state index in [1.807, 2.05) is 12.4 Å². The van der Waals surface area contributed by atoms with E-state index in [4.69, 9.17) is 0 Å². The smallest absolute Gasteiger partial charge is 0.0517 e. The Kier molecular flexibility index (Phi) is 5.77. The van der Waals surface area contributed by atoms with Gasteiger partial charge in [-0.05, 0) is 64.4 Å². The second-order valence-electron chi connectivity index (χ2n) is 6.84. The van der Waals surface area contributed by atoms with Gasteiger partial charge in [0.2, 0.25) is 0 Å². The average Bonchev–Trinajstić information content (AvgIpc) is 2.74. The van der Waals surface area contributed by atoms with Gasteiger partial charge in [0.15, 0.2) is 0 Å². The number of pyridine rings is 1. The predicted octanol–water partition coefficient (Wildman–Crippen LogP) is 3.70. The molecule has 118 valence electrons. The Bertz CT molecular complexity index is 434. The van der Waals surface area contributed by atoms with E-state index in [9.17, 15) is 0 Å². The van der Waals surface area contributed by atoms with Crippen molar-refractivity contribution in [3.05, 3.63) is 29.6 Å². The topological polar surface area (TPSA) is 28.2 Å². The van der Waals surface area contributed by atoms with Gasteiger partial charge in [-0.25, -0.2) is 0 Å². The zero-order chi connectivity index (χ0) is 15.3. The fourth-order valence-electron chi connectivity index (χ4n) is 3.55. The molecule has 2 heterocycles. The van der Waals surface area contributed by atoms with Crippen LogP contribution in [0.4, 0.5) is 0 Å². The summed E-state index contributed by atoms with van der Waals surface area (Å²) in [7, 11) is 0. The van der Waals surface area contributed by atoms with Crippen LogP contribution in [0.25, 0.3) is 0 Å². The van der Waals surface area contributed by atoms with Crippen molar-refractivity contribution in [2.45, 2.75) is 65.0 Å². The van der Waals surface area contributed by atoms with E-state index < -0.39 is 0 Å². The Hall–Kier alpha value is -0.930. The second-order valence-corrected chi connectivity index (χ2v) is 6.84. The number of nitrogens with zero attached hydrogens (tertiary/aromatic N) is 2. The number of aryl methyl sites for hydroxylation is 1. The number of nitrogens with one attached hydrogen (secondary N) is 1. The highest BCUT2D eigenvalue weighted by molar-refractivity contribution is 5.23. The summed E-state index contributed by atoms with van der Waals surface area (Å²) in [6.07, 6.45) is 9.38. The Morgan fingerprint density at radius 1 is 1.19 bits per heavy atom. The Balaban J connectivity index is 2.26. The fraction of sp³-hybridized carbons (Fsp3) is 0.722. The van der Waals surface area contributed by atoms with Crippen molar-refractivity contribution in [1.29, 1.82) is 0 Å². The lowest BCUT2D eigenvalue weighted by Crippen LogP contribution is -2.53. The SMILES string of the molecule is CCNC(c1cncc(C)c1)C(C)(C)N1CCCCCC1. The predicted molar refractivity (Wildman–Crippen MR) is 89.5 cm³/mol. The molecular formula is C18H31N3. The maximum absolute atomic E-state index is 4.41. The molecule has 1 aliphatic heterocycles. The maximum atomic E-state index is 4.41. The largest absolute Gasteiger partial charge is 0.309 e. The molecular weight excluding hydrogens is 258 g/mol. The summed E-state index contributed by atoms with van der Waals surface area (Å²) in [5.74, 6) is 0. The van der Waals surface area contributed by atoms with E-state index in [1.54, 1.807) is 0 Å². The first-order valence-corrected chi connectivity index (χ1v) is 8.45. The van der Waals surface area contributed by atoms with Crippen molar-refractivity contribution in [2.24, 2.45) is 0 Å². The highest BCUT2D eigenvalue weighted by atomic mass is 15.2. The van der Waals surface area contributed by atoms with Gasteiger partial charge in [0.25, 0.3) is 0 Å². The number of hydrogen-bond acceptors (Lipinski definition) is 3. The third kappa shape index (κ3) is 4.04. The molecule has 1 atom stereocenters. The van der Waals surface area contributed by atoms with Gasteiger partial charge in [0.05, 0.1) is 6.04 Å². The number of likely N-dealkylation sites (tertiary alicyclic amines) is 1. The number of aromatic nitrogens is 1. The first-order chi connectivity index (χ1) is 10.1. The van der Waals surface area contributed by atoms with Gasteiger partial charge < -0.3 is 5.32 Å². The molecule has 3 nitrogen and oxygen atoms in total. The molecule has 0 aliphatic carbocycles. The van der Waals surface area contributed by atoms with Gasteiger partial charge in [-0.15, -0.1) is 0 Å². The Morgan fingerprint density at radius 3 is 2.43 bits per heavy atom. The standard InChI is InChI=1S/C18H31N3/c1-5-20-17(16-12-15(2)13-19-14-16)18(3,4)21-10-8-6-7-9-11-21/h12-14,17,20H,5-11H2,1-4H3. The molecule has 0 radical (unpaired) electrons. The van der Waals surface area contributed by atoms with Gasteiger partial charge in [-0.2, -0.15) is 0 Å². The lowest BCUT2D eigenvalue weighted by atomic mass is 9.86. The van der Waals surface area contributed by atoms with Gasteiger partial charge in [0.1, 0.15) is 0 Å². The quantitative estimate of drug-likeness (QED) is 0.896. The molecule has 2 rings (SSSR count). The highest BCUT2D eigenvalue weighted by Gasteiger charge is 2.36. The molecule has 0 saturated carbocycles. The van der Waals surface area contributed by atoms with E-state index in [0.29, 0.717) is 6.04 Å². The summed E-state index contributed by atoms with van der Waals surface area (Å²) in [5.41, 5.74) is 2.66. The maximum Gasteiger partial charge on any atom is 0.0517 e. The molecule has 1 saturated heterocycles. The third-order valence-electron chi connectivity index (χ3n) is 4.77. The zero-order valence-electron chi connectivity index (χ0n) is 14.2. The van der Waals surface area contributed by atoms with Crippen LogP contribution in [0.15, 0.2) is 18.5 Å². The van der Waals surface area contributed by atoms with Crippen LogP contribution in [0.1, 0.15) is 63.6 Å². The molecule has 1 fully saturated rings. The normalized spacial score (nSPS) is 19.2. The molecule has 1 aromatic rings. The van der Waals surface area contributed by atoms with Crippen LogP contribution in [0.5, 0.6) is 0 Å². The van der Waals surface area contributed by atoms with Crippen molar-refractivity contribution < 1.29 is 0 Å². The van der Waals surface area contributed by atoms with Crippen LogP contribution in [0.2, 0.25) is 0 Å². The first kappa shape index (κ1) is 16.4. The molecule has 0 amide bonds. The number of likely N-dealkylation sites (N-methyl/N-ethyl adjacent to an activating group) is 1. The van der Waals surface area contributed by atoms with E-state index in [-0.39, 0.29) is 5.54 Å². The van der Waals surface area contributed by atoms with Crippen molar-refractivity contribution in [2.75, 3.05) is 19.6 Å². The lowest BCUT2D eigenvalue weighted by molar-refractivity contribution is 0.0838. The minimum Gasteiger partial charge on any atom is -0.309 e. The monoisotopic (exact) mass is 289 g/mol. The molecule has 1 aromatic heterocycles. The highest BCUT2D eigenvalue weighted by Crippen LogP contribution is 2.32. The van der Waals surface area contributed by atoms with E-state index in [1.165, 1.54) is 49.9 Å². The van der Waals surface area contributed by atoms with E-state index >= 15 is 0 Å². The summed E-state index contributed by atoms with van der Waals surface area (Å²) in [4.78, 5) is 7.08.